The van der Waals surface area contributed by atoms with E-state index in [1.807, 2.05) is 29.7 Å². The van der Waals surface area contributed by atoms with Crippen molar-refractivity contribution in [1.29, 1.82) is 0 Å². The third-order valence-electron chi connectivity index (χ3n) is 4.70. The fourth-order valence-electron chi connectivity index (χ4n) is 3.39. The molecule has 4 rings (SSSR count). The first-order valence-corrected chi connectivity index (χ1v) is 8.22. The molecule has 0 radical (unpaired) electrons. The van der Waals surface area contributed by atoms with E-state index in [-0.39, 0.29) is 11.8 Å². The van der Waals surface area contributed by atoms with Gasteiger partial charge >= 0.3 is 0 Å². The van der Waals surface area contributed by atoms with Crippen molar-refractivity contribution in [3.63, 3.8) is 0 Å². The van der Waals surface area contributed by atoms with E-state index in [2.05, 4.69) is 10.2 Å². The monoisotopic (exact) mass is 325 g/mol. The molecule has 24 heavy (non-hydrogen) atoms. The number of carbonyl (C=O) groups is 2. The molecule has 7 heteroatoms. The van der Waals surface area contributed by atoms with E-state index in [0.29, 0.717) is 31.6 Å². The van der Waals surface area contributed by atoms with Crippen LogP contribution in [-0.2, 0) is 17.9 Å². The van der Waals surface area contributed by atoms with Crippen molar-refractivity contribution in [3.05, 3.63) is 41.5 Å². The molecule has 2 amide bonds. The van der Waals surface area contributed by atoms with Gasteiger partial charge in [0.05, 0.1) is 6.54 Å². The molecule has 2 aliphatic rings. The van der Waals surface area contributed by atoms with Crippen molar-refractivity contribution < 1.29 is 9.59 Å². The van der Waals surface area contributed by atoms with E-state index >= 15 is 0 Å². The van der Waals surface area contributed by atoms with Crippen LogP contribution in [0.5, 0.6) is 0 Å². The van der Waals surface area contributed by atoms with Crippen LogP contribution in [0.25, 0.3) is 0 Å². The summed E-state index contributed by atoms with van der Waals surface area (Å²) in [6.45, 7) is 4.46. The van der Waals surface area contributed by atoms with Gasteiger partial charge in [-0.15, -0.1) is 10.2 Å². The Morgan fingerprint density at radius 1 is 1.17 bits per heavy atom. The molecule has 0 aliphatic carbocycles. The van der Waals surface area contributed by atoms with Crippen LogP contribution in [0.1, 0.15) is 34.8 Å². The van der Waals surface area contributed by atoms with Crippen molar-refractivity contribution in [1.82, 2.24) is 19.7 Å². The Hall–Kier alpha value is -2.70. The summed E-state index contributed by atoms with van der Waals surface area (Å²) in [4.78, 5) is 28.3. The molecule has 0 atom stereocenters. The van der Waals surface area contributed by atoms with Gasteiger partial charge in [-0.1, -0.05) is 6.07 Å². The molecule has 3 heterocycles. The molecule has 1 aromatic carbocycles. The lowest BCUT2D eigenvalue weighted by molar-refractivity contribution is -0.117. The van der Waals surface area contributed by atoms with Gasteiger partial charge in [-0.3, -0.25) is 9.59 Å². The van der Waals surface area contributed by atoms with Gasteiger partial charge in [0.1, 0.15) is 5.82 Å². The minimum Gasteiger partial charge on any atom is -0.329 e. The van der Waals surface area contributed by atoms with E-state index in [9.17, 15) is 9.59 Å². The van der Waals surface area contributed by atoms with Crippen LogP contribution in [0.15, 0.2) is 24.3 Å². The molecule has 7 nitrogen and oxygen atoms in total. The second-order valence-electron chi connectivity index (χ2n) is 6.24. The molecule has 1 aromatic heterocycles. The minimum absolute atomic E-state index is 0.0320. The third kappa shape index (κ3) is 2.46. The van der Waals surface area contributed by atoms with E-state index < -0.39 is 0 Å². The number of carbonyl (C=O) groups excluding carboxylic acids is 2. The maximum atomic E-state index is 12.8. The average molecular weight is 325 g/mol. The highest BCUT2D eigenvalue weighted by atomic mass is 16.2. The van der Waals surface area contributed by atoms with Crippen LogP contribution in [0.3, 0.4) is 0 Å². The van der Waals surface area contributed by atoms with Crippen LogP contribution in [0, 0.1) is 6.92 Å². The zero-order valence-corrected chi connectivity index (χ0v) is 13.6. The topological polar surface area (TPSA) is 71.3 Å². The van der Waals surface area contributed by atoms with E-state index in [4.69, 9.17) is 0 Å². The first-order chi connectivity index (χ1) is 11.6. The van der Waals surface area contributed by atoms with Gasteiger partial charge in [-0.05, 0) is 31.5 Å². The third-order valence-corrected chi connectivity index (χ3v) is 4.70. The standard InChI is InChI=1S/C17H19N5O2/c1-12-18-19-15-11-20(8-9-21(12)15)17(24)13-4-2-5-14(10-13)22-7-3-6-16(22)23/h2,4-5,10H,3,6-9,11H2,1H3. The first kappa shape index (κ1) is 14.9. The SMILES string of the molecule is Cc1nnc2n1CCN(C(=O)c1cccc(N3CCCC3=O)c1)C2. The van der Waals surface area contributed by atoms with Crippen LogP contribution in [-0.4, -0.2) is 44.6 Å². The molecule has 2 aromatic rings. The molecular weight excluding hydrogens is 306 g/mol. The van der Waals surface area contributed by atoms with Gasteiger partial charge in [0.25, 0.3) is 5.91 Å². The zero-order valence-electron chi connectivity index (χ0n) is 13.6. The summed E-state index contributed by atoms with van der Waals surface area (Å²) in [5, 5.41) is 8.21. The number of amides is 2. The zero-order chi connectivity index (χ0) is 16.7. The number of hydrogen-bond acceptors (Lipinski definition) is 4. The summed E-state index contributed by atoms with van der Waals surface area (Å²) in [6, 6.07) is 7.34. The van der Waals surface area contributed by atoms with Crippen molar-refractivity contribution >= 4 is 17.5 Å². The minimum atomic E-state index is -0.0320. The van der Waals surface area contributed by atoms with Gasteiger partial charge in [-0.25, -0.2) is 0 Å². The Bertz CT molecular complexity index is 813. The quantitative estimate of drug-likeness (QED) is 0.836. The number of anilines is 1. The van der Waals surface area contributed by atoms with Crippen molar-refractivity contribution in [2.24, 2.45) is 0 Å². The summed E-state index contributed by atoms with van der Waals surface area (Å²) >= 11 is 0. The van der Waals surface area contributed by atoms with Crippen molar-refractivity contribution in [3.8, 4) is 0 Å². The van der Waals surface area contributed by atoms with E-state index in [1.54, 1.807) is 15.9 Å². The Morgan fingerprint density at radius 2 is 2.04 bits per heavy atom. The van der Waals surface area contributed by atoms with Crippen LogP contribution >= 0.6 is 0 Å². The predicted octanol–water partition coefficient (Wildman–Crippen LogP) is 1.37. The highest BCUT2D eigenvalue weighted by molar-refractivity contribution is 5.99. The summed E-state index contributed by atoms with van der Waals surface area (Å²) in [5.41, 5.74) is 1.41. The fourth-order valence-corrected chi connectivity index (χ4v) is 3.39. The van der Waals surface area contributed by atoms with Crippen LogP contribution in [0.2, 0.25) is 0 Å². The highest BCUT2D eigenvalue weighted by Crippen LogP contribution is 2.23. The van der Waals surface area contributed by atoms with Gasteiger partial charge in [0, 0.05) is 37.3 Å². The van der Waals surface area contributed by atoms with Crippen molar-refractivity contribution in [2.45, 2.75) is 32.9 Å². The molecule has 124 valence electrons. The molecule has 0 N–H and O–H groups in total. The van der Waals surface area contributed by atoms with E-state index in [0.717, 1.165) is 30.3 Å². The number of hydrogen-bond donors (Lipinski definition) is 0. The lowest BCUT2D eigenvalue weighted by atomic mass is 10.1. The Morgan fingerprint density at radius 3 is 2.83 bits per heavy atom. The summed E-state index contributed by atoms with van der Waals surface area (Å²) < 4.78 is 2.04. The second-order valence-corrected chi connectivity index (χ2v) is 6.24. The number of aromatic nitrogens is 3. The number of benzene rings is 1. The number of fused-ring (bicyclic) bond motifs is 1. The number of nitrogens with zero attached hydrogens (tertiary/aromatic N) is 5. The summed E-state index contributed by atoms with van der Waals surface area (Å²) in [7, 11) is 0. The Balaban J connectivity index is 1.56. The molecule has 1 saturated heterocycles. The molecule has 0 unspecified atom stereocenters. The van der Waals surface area contributed by atoms with Gasteiger partial charge in [0.2, 0.25) is 5.91 Å². The van der Waals surface area contributed by atoms with Gasteiger partial charge < -0.3 is 14.4 Å². The molecule has 0 saturated carbocycles. The molecule has 1 fully saturated rings. The summed E-state index contributed by atoms with van der Waals surface area (Å²) in [5.74, 6) is 1.79. The average Bonchev–Trinajstić information content (AvgIpc) is 3.20. The number of aryl methyl sites for hydroxylation is 1. The number of rotatable bonds is 2. The molecule has 2 aliphatic heterocycles. The molecular formula is C17H19N5O2. The maximum absolute atomic E-state index is 12.8. The normalized spacial score (nSPS) is 17.3. The maximum Gasteiger partial charge on any atom is 0.254 e. The van der Waals surface area contributed by atoms with Gasteiger partial charge in [-0.2, -0.15) is 0 Å². The molecule has 0 bridgehead atoms. The smallest absolute Gasteiger partial charge is 0.254 e. The van der Waals surface area contributed by atoms with Crippen molar-refractivity contribution in [2.75, 3.05) is 18.0 Å². The highest BCUT2D eigenvalue weighted by Gasteiger charge is 2.26. The van der Waals surface area contributed by atoms with Crippen LogP contribution in [0.4, 0.5) is 5.69 Å². The Labute approximate surface area is 139 Å². The fraction of sp³-hybridized carbons (Fsp3) is 0.412. The predicted molar refractivity (Wildman–Crippen MR) is 87.5 cm³/mol. The van der Waals surface area contributed by atoms with Crippen LogP contribution < -0.4 is 4.90 Å². The second kappa shape index (κ2) is 5.74. The lowest BCUT2D eigenvalue weighted by Crippen LogP contribution is -2.38. The summed E-state index contributed by atoms with van der Waals surface area (Å²) in [6.07, 6.45) is 1.46. The largest absolute Gasteiger partial charge is 0.329 e. The van der Waals surface area contributed by atoms with E-state index in [1.165, 1.54) is 0 Å². The lowest BCUT2D eigenvalue weighted by Gasteiger charge is -2.28. The molecule has 0 spiro atoms. The van der Waals surface area contributed by atoms with Gasteiger partial charge in [0.15, 0.2) is 5.82 Å². The Kier molecular flexibility index (Phi) is 3.55. The first-order valence-electron chi connectivity index (χ1n) is 8.22.